The van der Waals surface area contributed by atoms with Crippen LogP contribution in [0, 0.1) is 0 Å². The summed E-state index contributed by atoms with van der Waals surface area (Å²) in [6.07, 6.45) is 3.07. The van der Waals surface area contributed by atoms with Crippen LogP contribution in [0.5, 0.6) is 0 Å². The number of carbonyl (C=O) groups excluding carboxylic acids is 2. The van der Waals surface area contributed by atoms with Crippen LogP contribution in [0.1, 0.15) is 56.2 Å². The Hall–Kier alpha value is -2.34. The highest BCUT2D eigenvalue weighted by Gasteiger charge is 2.30. The number of hydrogen-bond donors (Lipinski definition) is 0. The molecule has 0 spiro atoms. The van der Waals surface area contributed by atoms with Gasteiger partial charge in [0.1, 0.15) is 5.58 Å². The van der Waals surface area contributed by atoms with E-state index in [0.29, 0.717) is 17.8 Å². The molecule has 0 bridgehead atoms. The molecule has 0 N–H and O–H groups in total. The zero-order valence-corrected chi connectivity index (χ0v) is 16.2. The first kappa shape index (κ1) is 19.4. The van der Waals surface area contributed by atoms with Gasteiger partial charge in [0.25, 0.3) is 5.91 Å². The Morgan fingerprint density at radius 2 is 1.89 bits per heavy atom. The molecule has 0 saturated carbocycles. The van der Waals surface area contributed by atoms with Crippen molar-refractivity contribution < 1.29 is 23.5 Å². The maximum atomic E-state index is 12.6. The number of benzene rings is 1. The van der Waals surface area contributed by atoms with Crippen LogP contribution < -0.4 is 0 Å². The molecule has 1 aromatic carbocycles. The van der Waals surface area contributed by atoms with Gasteiger partial charge >= 0.3 is 5.97 Å². The molecular formula is C21H27NO5. The van der Waals surface area contributed by atoms with E-state index in [1.165, 1.54) is 0 Å². The van der Waals surface area contributed by atoms with Gasteiger partial charge in [0.15, 0.2) is 6.61 Å². The number of ether oxygens (including phenoxy) is 2. The van der Waals surface area contributed by atoms with E-state index in [1.54, 1.807) is 6.07 Å². The average molecular weight is 373 g/mol. The molecule has 0 unspecified atom stereocenters. The van der Waals surface area contributed by atoms with E-state index in [4.69, 9.17) is 13.9 Å². The Morgan fingerprint density at radius 3 is 2.59 bits per heavy atom. The van der Waals surface area contributed by atoms with Crippen molar-refractivity contribution in [1.29, 1.82) is 0 Å². The first-order valence-electron chi connectivity index (χ1n) is 9.59. The Kier molecular flexibility index (Phi) is 6.16. The quantitative estimate of drug-likeness (QED) is 0.718. The second-order valence-electron chi connectivity index (χ2n) is 7.05. The summed E-state index contributed by atoms with van der Waals surface area (Å²) in [5, 5.41) is 0.822. The molecule has 2 aromatic rings. The molecular weight excluding hydrogens is 346 g/mol. The maximum absolute atomic E-state index is 12.6. The molecule has 0 radical (unpaired) electrons. The molecule has 6 nitrogen and oxygen atoms in total. The number of hydrogen-bond acceptors (Lipinski definition) is 5. The largest absolute Gasteiger partial charge is 0.450 e. The first-order valence-corrected chi connectivity index (χ1v) is 9.59. The lowest BCUT2D eigenvalue weighted by Crippen LogP contribution is -2.49. The summed E-state index contributed by atoms with van der Waals surface area (Å²) in [4.78, 5) is 27.0. The standard InChI is InChI=1S/C21H27NO5/c1-4-25-12-17-16-10-5-6-11-18(16)27-20(17)21(24)26-13-19(23)22-14(2)8-7-9-15(22)3/h5-6,10-11,14-15H,4,7-9,12-13H2,1-3H3/t14-,15-/m1/s1. The normalized spacial score (nSPS) is 20.0. The van der Waals surface area contributed by atoms with Crippen LogP contribution >= 0.6 is 0 Å². The third-order valence-electron chi connectivity index (χ3n) is 5.14. The Balaban J connectivity index is 1.73. The predicted molar refractivity (Wildman–Crippen MR) is 101 cm³/mol. The Labute approximate surface area is 159 Å². The minimum atomic E-state index is -0.633. The van der Waals surface area contributed by atoms with E-state index in [1.807, 2.05) is 43.9 Å². The molecule has 146 valence electrons. The van der Waals surface area contributed by atoms with E-state index in [-0.39, 0.29) is 37.0 Å². The summed E-state index contributed by atoms with van der Waals surface area (Å²) in [5.41, 5.74) is 1.26. The molecule has 1 aromatic heterocycles. The van der Waals surface area contributed by atoms with Crippen LogP contribution in [0.15, 0.2) is 28.7 Å². The highest BCUT2D eigenvalue weighted by Crippen LogP contribution is 2.27. The summed E-state index contributed by atoms with van der Waals surface area (Å²) < 4.78 is 16.5. The number of rotatable bonds is 6. The third kappa shape index (κ3) is 4.16. The molecule has 1 saturated heterocycles. The zero-order valence-electron chi connectivity index (χ0n) is 16.2. The van der Waals surface area contributed by atoms with Crippen molar-refractivity contribution in [2.45, 2.75) is 58.7 Å². The fourth-order valence-corrected chi connectivity index (χ4v) is 3.79. The smallest absolute Gasteiger partial charge is 0.375 e. The highest BCUT2D eigenvalue weighted by atomic mass is 16.5. The van der Waals surface area contributed by atoms with Crippen molar-refractivity contribution in [2.24, 2.45) is 0 Å². The van der Waals surface area contributed by atoms with Crippen molar-refractivity contribution in [3.05, 3.63) is 35.6 Å². The lowest BCUT2D eigenvalue weighted by molar-refractivity contribution is -0.140. The number of likely N-dealkylation sites (tertiary alicyclic amines) is 1. The SMILES string of the molecule is CCOCc1c(C(=O)OCC(=O)N2[C@H](C)CCC[C@H]2C)oc2ccccc12. The van der Waals surface area contributed by atoms with Gasteiger partial charge in [-0.3, -0.25) is 4.79 Å². The van der Waals surface area contributed by atoms with E-state index in [0.717, 1.165) is 24.6 Å². The summed E-state index contributed by atoms with van der Waals surface area (Å²) >= 11 is 0. The molecule has 1 aliphatic heterocycles. The van der Waals surface area contributed by atoms with E-state index in [9.17, 15) is 9.59 Å². The number of para-hydroxylation sites is 1. The number of carbonyl (C=O) groups is 2. The molecule has 3 rings (SSSR count). The minimum Gasteiger partial charge on any atom is -0.450 e. The molecule has 6 heteroatoms. The van der Waals surface area contributed by atoms with Gasteiger partial charge in [0, 0.05) is 29.6 Å². The van der Waals surface area contributed by atoms with Crippen molar-refractivity contribution in [1.82, 2.24) is 4.90 Å². The van der Waals surface area contributed by atoms with Crippen molar-refractivity contribution >= 4 is 22.8 Å². The summed E-state index contributed by atoms with van der Waals surface area (Å²) in [6, 6.07) is 7.73. The first-order chi connectivity index (χ1) is 13.0. The number of fused-ring (bicyclic) bond motifs is 1. The highest BCUT2D eigenvalue weighted by molar-refractivity contribution is 5.96. The van der Waals surface area contributed by atoms with Crippen molar-refractivity contribution in [3.8, 4) is 0 Å². The van der Waals surface area contributed by atoms with Gasteiger partial charge in [-0.25, -0.2) is 4.79 Å². The lowest BCUT2D eigenvalue weighted by atomic mass is 9.97. The number of esters is 1. The number of nitrogens with zero attached hydrogens (tertiary/aromatic N) is 1. The van der Waals surface area contributed by atoms with Gasteiger partial charge < -0.3 is 18.8 Å². The number of amides is 1. The van der Waals surface area contributed by atoms with Gasteiger partial charge in [-0.15, -0.1) is 0 Å². The fraction of sp³-hybridized carbons (Fsp3) is 0.524. The van der Waals surface area contributed by atoms with Crippen LogP contribution in [-0.4, -0.2) is 42.1 Å². The molecule has 1 aliphatic rings. The zero-order chi connectivity index (χ0) is 19.4. The molecule has 0 aliphatic carbocycles. The van der Waals surface area contributed by atoms with E-state index in [2.05, 4.69) is 0 Å². The monoisotopic (exact) mass is 373 g/mol. The van der Waals surface area contributed by atoms with Crippen LogP contribution in [-0.2, 0) is 20.9 Å². The Bertz CT molecular complexity index is 802. The lowest BCUT2D eigenvalue weighted by Gasteiger charge is -2.38. The van der Waals surface area contributed by atoms with Crippen molar-refractivity contribution in [2.75, 3.05) is 13.2 Å². The van der Waals surface area contributed by atoms with Gasteiger partial charge in [-0.05, 0) is 46.1 Å². The van der Waals surface area contributed by atoms with Gasteiger partial charge in [-0.2, -0.15) is 0 Å². The third-order valence-corrected chi connectivity index (χ3v) is 5.14. The average Bonchev–Trinajstić information content (AvgIpc) is 3.03. The number of furan rings is 1. The van der Waals surface area contributed by atoms with Crippen LogP contribution in [0.4, 0.5) is 0 Å². The van der Waals surface area contributed by atoms with Crippen molar-refractivity contribution in [3.63, 3.8) is 0 Å². The second kappa shape index (κ2) is 8.57. The minimum absolute atomic E-state index is 0.109. The van der Waals surface area contributed by atoms with Crippen LogP contribution in [0.25, 0.3) is 11.0 Å². The molecule has 1 fully saturated rings. The molecule has 27 heavy (non-hydrogen) atoms. The molecule has 2 heterocycles. The van der Waals surface area contributed by atoms with Gasteiger partial charge in [0.05, 0.1) is 6.61 Å². The van der Waals surface area contributed by atoms with Gasteiger partial charge in [-0.1, -0.05) is 18.2 Å². The Morgan fingerprint density at radius 1 is 1.19 bits per heavy atom. The second-order valence-corrected chi connectivity index (χ2v) is 7.05. The van der Waals surface area contributed by atoms with Crippen LogP contribution in [0.2, 0.25) is 0 Å². The van der Waals surface area contributed by atoms with Gasteiger partial charge in [0.2, 0.25) is 5.76 Å². The fourth-order valence-electron chi connectivity index (χ4n) is 3.79. The number of piperidine rings is 1. The maximum Gasteiger partial charge on any atom is 0.375 e. The molecule has 2 atom stereocenters. The van der Waals surface area contributed by atoms with E-state index >= 15 is 0 Å². The summed E-state index contributed by atoms with van der Waals surface area (Å²) in [5.74, 6) is -0.686. The summed E-state index contributed by atoms with van der Waals surface area (Å²) in [6.45, 7) is 6.46. The topological polar surface area (TPSA) is 69.0 Å². The molecule has 1 amide bonds. The predicted octanol–water partition coefficient (Wildman–Crippen LogP) is 3.92. The van der Waals surface area contributed by atoms with E-state index < -0.39 is 5.97 Å². The summed E-state index contributed by atoms with van der Waals surface area (Å²) in [7, 11) is 0. The van der Waals surface area contributed by atoms with Crippen LogP contribution in [0.3, 0.4) is 0 Å².